The van der Waals surface area contributed by atoms with Crippen LogP contribution < -0.4 is 9.47 Å². The Morgan fingerprint density at radius 3 is 2.64 bits per heavy atom. The van der Waals surface area contributed by atoms with Gasteiger partial charge in [0.25, 0.3) is 0 Å². The Labute approximate surface area is 168 Å². The highest BCUT2D eigenvalue weighted by atomic mass is 35.5. The van der Waals surface area contributed by atoms with Gasteiger partial charge in [0.2, 0.25) is 12.7 Å². The predicted molar refractivity (Wildman–Crippen MR) is 105 cm³/mol. The van der Waals surface area contributed by atoms with Crippen LogP contribution in [0.2, 0.25) is 5.02 Å². The summed E-state index contributed by atoms with van der Waals surface area (Å²) in [6, 6.07) is 11.5. The number of halogens is 1. The lowest BCUT2D eigenvalue weighted by atomic mass is 10.2. The fourth-order valence-electron chi connectivity index (χ4n) is 3.29. The van der Waals surface area contributed by atoms with Gasteiger partial charge in [-0.1, -0.05) is 17.7 Å². The molecular formula is C20H18ClNO5S. The first-order valence-electron chi connectivity index (χ1n) is 8.79. The summed E-state index contributed by atoms with van der Waals surface area (Å²) in [6.07, 6.45) is 3.55. The fraction of sp³-hybridized carbons (Fsp3) is 0.250. The molecule has 0 saturated carbocycles. The van der Waals surface area contributed by atoms with Crippen molar-refractivity contribution < 1.29 is 22.7 Å². The molecule has 2 aromatic carbocycles. The third kappa shape index (κ3) is 3.72. The summed E-state index contributed by atoms with van der Waals surface area (Å²) in [5.41, 5.74) is 0.808. The first-order chi connectivity index (χ1) is 13.4. The number of hydrogen-bond donors (Lipinski definition) is 0. The van der Waals surface area contributed by atoms with E-state index in [4.69, 9.17) is 21.1 Å². The molecule has 2 aliphatic rings. The van der Waals surface area contributed by atoms with Gasteiger partial charge in [-0.15, -0.1) is 0 Å². The van der Waals surface area contributed by atoms with E-state index >= 15 is 0 Å². The van der Waals surface area contributed by atoms with E-state index < -0.39 is 15.1 Å². The van der Waals surface area contributed by atoms with E-state index in [0.717, 1.165) is 5.56 Å². The highest BCUT2D eigenvalue weighted by molar-refractivity contribution is 7.92. The highest BCUT2D eigenvalue weighted by Crippen LogP contribution is 2.33. The quantitative estimate of drug-likeness (QED) is 0.712. The maximum atomic E-state index is 12.8. The number of likely N-dealkylation sites (tertiary alicyclic amines) is 1. The van der Waals surface area contributed by atoms with Gasteiger partial charge in [-0.25, -0.2) is 8.42 Å². The molecular weight excluding hydrogens is 402 g/mol. The lowest BCUT2D eigenvalue weighted by Gasteiger charge is -2.15. The third-order valence-corrected chi connectivity index (χ3v) is 7.30. The number of hydrogen-bond acceptors (Lipinski definition) is 5. The second-order valence-corrected chi connectivity index (χ2v) is 9.30. The Bertz CT molecular complexity index is 1030. The molecule has 2 aromatic rings. The standard InChI is InChI=1S/C20H18ClNO5S/c21-15-3-5-16(6-4-15)28(24,25)17-9-10-22(12-17)20(23)8-2-14-1-7-18-19(11-14)27-13-26-18/h1-8,11,17H,9-10,12-13H2/b8-2+. The normalized spacial score (nSPS) is 18.8. The number of benzene rings is 2. The van der Waals surface area contributed by atoms with Gasteiger partial charge in [-0.05, 0) is 54.5 Å². The van der Waals surface area contributed by atoms with Crippen molar-refractivity contribution in [1.82, 2.24) is 4.90 Å². The molecule has 8 heteroatoms. The molecule has 2 aliphatic heterocycles. The van der Waals surface area contributed by atoms with Crippen LogP contribution in [-0.2, 0) is 14.6 Å². The maximum Gasteiger partial charge on any atom is 0.246 e. The second-order valence-electron chi connectivity index (χ2n) is 6.64. The molecule has 0 N–H and O–H groups in total. The van der Waals surface area contributed by atoms with Crippen LogP contribution in [0.4, 0.5) is 0 Å². The molecule has 1 amide bonds. The van der Waals surface area contributed by atoms with Gasteiger partial charge in [0.15, 0.2) is 21.3 Å². The van der Waals surface area contributed by atoms with Crippen molar-refractivity contribution in [2.24, 2.45) is 0 Å². The zero-order valence-electron chi connectivity index (χ0n) is 14.9. The number of nitrogens with zero attached hydrogens (tertiary/aromatic N) is 1. The molecule has 0 aliphatic carbocycles. The summed E-state index contributed by atoms with van der Waals surface area (Å²) in [5, 5.41) is -0.132. The third-order valence-electron chi connectivity index (χ3n) is 4.85. The summed E-state index contributed by atoms with van der Waals surface area (Å²) < 4.78 is 36.1. The van der Waals surface area contributed by atoms with E-state index in [1.54, 1.807) is 35.2 Å². The molecule has 0 radical (unpaired) electrons. The molecule has 0 bridgehead atoms. The van der Waals surface area contributed by atoms with Crippen molar-refractivity contribution >= 4 is 33.4 Å². The summed E-state index contributed by atoms with van der Waals surface area (Å²) in [5.74, 6) is 1.11. The van der Waals surface area contributed by atoms with E-state index in [2.05, 4.69) is 0 Å². The van der Waals surface area contributed by atoms with Crippen molar-refractivity contribution in [2.45, 2.75) is 16.6 Å². The van der Waals surface area contributed by atoms with Crippen molar-refractivity contribution in [1.29, 1.82) is 0 Å². The highest BCUT2D eigenvalue weighted by Gasteiger charge is 2.35. The molecule has 28 heavy (non-hydrogen) atoms. The number of fused-ring (bicyclic) bond motifs is 1. The number of ether oxygens (including phenoxy) is 2. The average molecular weight is 420 g/mol. The van der Waals surface area contributed by atoms with Crippen LogP contribution in [0, 0.1) is 0 Å². The fourth-order valence-corrected chi connectivity index (χ4v) is 5.11. The SMILES string of the molecule is O=C(/C=C/c1ccc2c(c1)OCO2)N1CCC(S(=O)(=O)c2ccc(Cl)cc2)C1. The Balaban J connectivity index is 1.42. The number of carbonyl (C=O) groups is 1. The Morgan fingerprint density at radius 1 is 1.11 bits per heavy atom. The molecule has 1 saturated heterocycles. The van der Waals surface area contributed by atoms with Crippen LogP contribution in [0.3, 0.4) is 0 Å². The minimum Gasteiger partial charge on any atom is -0.454 e. The first-order valence-corrected chi connectivity index (χ1v) is 10.7. The van der Waals surface area contributed by atoms with Gasteiger partial charge in [-0.3, -0.25) is 4.79 Å². The van der Waals surface area contributed by atoms with Crippen LogP contribution in [-0.4, -0.2) is 44.4 Å². The lowest BCUT2D eigenvalue weighted by molar-refractivity contribution is -0.124. The Morgan fingerprint density at radius 2 is 1.86 bits per heavy atom. The molecule has 1 atom stereocenters. The zero-order chi connectivity index (χ0) is 19.7. The topological polar surface area (TPSA) is 72.9 Å². The molecule has 0 spiro atoms. The number of sulfone groups is 1. The van der Waals surface area contributed by atoms with Gasteiger partial charge in [0.05, 0.1) is 10.1 Å². The zero-order valence-corrected chi connectivity index (χ0v) is 16.4. The second kappa shape index (κ2) is 7.48. The van der Waals surface area contributed by atoms with Crippen molar-refractivity contribution in [3.63, 3.8) is 0 Å². The van der Waals surface area contributed by atoms with E-state index in [0.29, 0.717) is 29.5 Å². The van der Waals surface area contributed by atoms with Crippen LogP contribution in [0.1, 0.15) is 12.0 Å². The van der Waals surface area contributed by atoms with Gasteiger partial charge in [0.1, 0.15) is 0 Å². The molecule has 4 rings (SSSR count). The van der Waals surface area contributed by atoms with E-state index in [1.807, 2.05) is 6.07 Å². The van der Waals surface area contributed by atoms with Crippen LogP contribution >= 0.6 is 11.6 Å². The van der Waals surface area contributed by atoms with E-state index in [1.165, 1.54) is 18.2 Å². The van der Waals surface area contributed by atoms with Crippen molar-refractivity contribution in [3.05, 3.63) is 59.1 Å². The first kappa shape index (κ1) is 18.8. The predicted octanol–water partition coefficient (Wildman–Crippen LogP) is 3.16. The average Bonchev–Trinajstić information content (AvgIpc) is 3.36. The smallest absolute Gasteiger partial charge is 0.246 e. The van der Waals surface area contributed by atoms with Gasteiger partial charge in [0, 0.05) is 24.2 Å². The van der Waals surface area contributed by atoms with E-state index in [9.17, 15) is 13.2 Å². The number of carbonyl (C=O) groups excluding carboxylic acids is 1. The molecule has 1 fully saturated rings. The van der Waals surface area contributed by atoms with Crippen molar-refractivity contribution in [2.75, 3.05) is 19.9 Å². The minimum atomic E-state index is -3.50. The summed E-state index contributed by atoms with van der Waals surface area (Å²) in [4.78, 5) is 14.3. The molecule has 6 nitrogen and oxygen atoms in total. The largest absolute Gasteiger partial charge is 0.454 e. The van der Waals surface area contributed by atoms with Gasteiger partial charge < -0.3 is 14.4 Å². The van der Waals surface area contributed by atoms with Crippen molar-refractivity contribution in [3.8, 4) is 11.5 Å². The Kier molecular flexibility index (Phi) is 5.03. The Hall–Kier alpha value is -2.51. The van der Waals surface area contributed by atoms with Gasteiger partial charge in [-0.2, -0.15) is 0 Å². The van der Waals surface area contributed by atoms with Crippen LogP contribution in [0.5, 0.6) is 11.5 Å². The molecule has 2 heterocycles. The van der Waals surface area contributed by atoms with E-state index in [-0.39, 0.29) is 24.1 Å². The van der Waals surface area contributed by atoms with Crippen LogP contribution in [0.15, 0.2) is 53.4 Å². The van der Waals surface area contributed by atoms with Gasteiger partial charge >= 0.3 is 0 Å². The minimum absolute atomic E-state index is 0.176. The summed E-state index contributed by atoms with van der Waals surface area (Å²) >= 11 is 5.83. The van der Waals surface area contributed by atoms with Crippen LogP contribution in [0.25, 0.3) is 6.08 Å². The molecule has 1 unspecified atom stereocenters. The molecule has 0 aromatic heterocycles. The molecule has 146 valence electrons. The number of amides is 1. The number of rotatable bonds is 4. The summed E-state index contributed by atoms with van der Waals surface area (Å²) in [6.45, 7) is 0.774. The monoisotopic (exact) mass is 419 g/mol. The summed E-state index contributed by atoms with van der Waals surface area (Å²) in [7, 11) is -3.50. The maximum absolute atomic E-state index is 12.8. The lowest BCUT2D eigenvalue weighted by Crippen LogP contribution is -2.30.